The van der Waals surface area contributed by atoms with Crippen LogP contribution in [0.2, 0.25) is 0 Å². The van der Waals surface area contributed by atoms with Gasteiger partial charge in [0.15, 0.2) is 6.79 Å². The molecule has 0 spiro atoms. The van der Waals surface area contributed by atoms with E-state index in [1.165, 1.54) is 0 Å². The van der Waals surface area contributed by atoms with Crippen LogP contribution < -0.4 is 10.5 Å². The second kappa shape index (κ2) is 6.07. The van der Waals surface area contributed by atoms with Gasteiger partial charge < -0.3 is 15.2 Å². The number of nitrogens with two attached hydrogens (primary N) is 1. The summed E-state index contributed by atoms with van der Waals surface area (Å²) in [6.45, 7) is 2.68. The largest absolute Gasteiger partial charge is 0.465 e. The van der Waals surface area contributed by atoms with Gasteiger partial charge in [0, 0.05) is 0 Å². The number of benzene rings is 2. The summed E-state index contributed by atoms with van der Waals surface area (Å²) in [5.74, 6) is 0.670. The van der Waals surface area contributed by atoms with Gasteiger partial charge >= 0.3 is 0 Å². The van der Waals surface area contributed by atoms with E-state index in [1.807, 2.05) is 55.5 Å². The predicted octanol–water partition coefficient (Wildman–Crippen LogP) is 3.13. The second-order valence-corrected chi connectivity index (χ2v) is 4.08. The molecular formula is C15H17NO2. The molecule has 0 saturated carbocycles. The van der Waals surface area contributed by atoms with E-state index in [2.05, 4.69) is 0 Å². The van der Waals surface area contributed by atoms with Crippen LogP contribution in [-0.2, 0) is 11.3 Å². The standard InChI is InChI=1S/C15H17NO2/c1-12-6-5-9-14(15(12)16)18-11-17-10-13-7-3-2-4-8-13/h2-9H,10-11,16H2,1H3. The molecule has 0 heterocycles. The number of ether oxygens (including phenoxy) is 2. The maximum atomic E-state index is 5.90. The fourth-order valence-corrected chi connectivity index (χ4v) is 1.62. The van der Waals surface area contributed by atoms with Gasteiger partial charge in [-0.25, -0.2) is 0 Å². The van der Waals surface area contributed by atoms with Crippen molar-refractivity contribution in [2.24, 2.45) is 0 Å². The summed E-state index contributed by atoms with van der Waals surface area (Å²) < 4.78 is 10.9. The summed E-state index contributed by atoms with van der Waals surface area (Å²) >= 11 is 0. The molecule has 0 atom stereocenters. The Balaban J connectivity index is 1.81. The summed E-state index contributed by atoms with van der Waals surface area (Å²) in [5, 5.41) is 0. The third kappa shape index (κ3) is 3.25. The first kappa shape index (κ1) is 12.5. The molecule has 0 fully saturated rings. The maximum absolute atomic E-state index is 5.90. The molecule has 2 aromatic rings. The molecule has 0 unspecified atom stereocenters. The van der Waals surface area contributed by atoms with E-state index in [4.69, 9.17) is 15.2 Å². The quantitative estimate of drug-likeness (QED) is 0.498. The number of hydrogen-bond acceptors (Lipinski definition) is 3. The van der Waals surface area contributed by atoms with Gasteiger partial charge in [0.05, 0.1) is 12.3 Å². The lowest BCUT2D eigenvalue weighted by Crippen LogP contribution is -2.05. The Morgan fingerprint density at radius 1 is 1.00 bits per heavy atom. The molecule has 18 heavy (non-hydrogen) atoms. The number of aryl methyl sites for hydroxylation is 1. The summed E-state index contributed by atoms with van der Waals surface area (Å²) in [6, 6.07) is 15.7. The smallest absolute Gasteiger partial charge is 0.189 e. The van der Waals surface area contributed by atoms with Crippen LogP contribution in [0.15, 0.2) is 48.5 Å². The van der Waals surface area contributed by atoms with Gasteiger partial charge in [-0.1, -0.05) is 42.5 Å². The van der Waals surface area contributed by atoms with Crippen LogP contribution in [0.5, 0.6) is 5.75 Å². The lowest BCUT2D eigenvalue weighted by Gasteiger charge is -2.10. The predicted molar refractivity (Wildman–Crippen MR) is 72.3 cm³/mol. The fraction of sp³-hybridized carbons (Fsp3) is 0.200. The molecule has 2 N–H and O–H groups in total. The van der Waals surface area contributed by atoms with Gasteiger partial charge in [0.1, 0.15) is 5.75 Å². The van der Waals surface area contributed by atoms with Crippen LogP contribution >= 0.6 is 0 Å². The lowest BCUT2D eigenvalue weighted by atomic mass is 10.2. The van der Waals surface area contributed by atoms with Crippen molar-refractivity contribution in [2.45, 2.75) is 13.5 Å². The second-order valence-electron chi connectivity index (χ2n) is 4.08. The van der Waals surface area contributed by atoms with E-state index >= 15 is 0 Å². The topological polar surface area (TPSA) is 44.5 Å². The molecule has 0 saturated heterocycles. The molecule has 0 aromatic heterocycles. The molecule has 0 aliphatic heterocycles. The van der Waals surface area contributed by atoms with Crippen LogP contribution in [0.3, 0.4) is 0 Å². The highest BCUT2D eigenvalue weighted by molar-refractivity contribution is 5.57. The molecule has 3 nitrogen and oxygen atoms in total. The van der Waals surface area contributed by atoms with E-state index in [0.717, 1.165) is 11.1 Å². The average Bonchev–Trinajstić information content (AvgIpc) is 2.40. The summed E-state index contributed by atoms with van der Waals surface area (Å²) in [5.41, 5.74) is 8.70. The van der Waals surface area contributed by atoms with Gasteiger partial charge in [-0.15, -0.1) is 0 Å². The number of para-hydroxylation sites is 1. The van der Waals surface area contributed by atoms with Crippen molar-refractivity contribution in [2.75, 3.05) is 12.5 Å². The first-order chi connectivity index (χ1) is 8.77. The molecule has 2 aromatic carbocycles. The van der Waals surface area contributed by atoms with E-state index < -0.39 is 0 Å². The Kier molecular flexibility index (Phi) is 4.20. The van der Waals surface area contributed by atoms with E-state index in [0.29, 0.717) is 18.0 Å². The van der Waals surface area contributed by atoms with Crippen molar-refractivity contribution in [1.29, 1.82) is 0 Å². The molecule has 0 bridgehead atoms. The van der Waals surface area contributed by atoms with Gasteiger partial charge in [0.25, 0.3) is 0 Å². The van der Waals surface area contributed by atoms with Crippen molar-refractivity contribution in [1.82, 2.24) is 0 Å². The summed E-state index contributed by atoms with van der Waals surface area (Å²) in [6.07, 6.45) is 0. The zero-order chi connectivity index (χ0) is 12.8. The summed E-state index contributed by atoms with van der Waals surface area (Å²) in [4.78, 5) is 0. The highest BCUT2D eigenvalue weighted by Crippen LogP contribution is 2.24. The number of nitrogen functional groups attached to an aromatic ring is 1. The van der Waals surface area contributed by atoms with Crippen molar-refractivity contribution in [3.8, 4) is 5.75 Å². The first-order valence-electron chi connectivity index (χ1n) is 5.87. The van der Waals surface area contributed by atoms with Crippen LogP contribution in [0.4, 0.5) is 5.69 Å². The van der Waals surface area contributed by atoms with Gasteiger partial charge in [-0.2, -0.15) is 0 Å². The molecule has 2 rings (SSSR count). The Morgan fingerprint density at radius 2 is 1.78 bits per heavy atom. The SMILES string of the molecule is Cc1cccc(OCOCc2ccccc2)c1N. The summed E-state index contributed by atoms with van der Waals surface area (Å²) in [7, 11) is 0. The van der Waals surface area contributed by atoms with E-state index in [1.54, 1.807) is 0 Å². The zero-order valence-corrected chi connectivity index (χ0v) is 10.4. The van der Waals surface area contributed by atoms with Crippen molar-refractivity contribution < 1.29 is 9.47 Å². The van der Waals surface area contributed by atoms with Crippen molar-refractivity contribution in [3.05, 3.63) is 59.7 Å². The van der Waals surface area contributed by atoms with Crippen molar-refractivity contribution >= 4 is 5.69 Å². The Labute approximate surface area is 107 Å². The monoisotopic (exact) mass is 243 g/mol. The minimum atomic E-state index is 0.197. The molecule has 0 aliphatic carbocycles. The molecule has 94 valence electrons. The third-order valence-corrected chi connectivity index (χ3v) is 2.69. The molecule has 0 amide bonds. The number of rotatable bonds is 5. The Morgan fingerprint density at radius 3 is 2.56 bits per heavy atom. The van der Waals surface area contributed by atoms with Gasteiger partial charge in [-0.3, -0.25) is 0 Å². The van der Waals surface area contributed by atoms with E-state index in [-0.39, 0.29) is 6.79 Å². The van der Waals surface area contributed by atoms with Crippen molar-refractivity contribution in [3.63, 3.8) is 0 Å². The Hall–Kier alpha value is -2.00. The molecule has 0 radical (unpaired) electrons. The normalized spacial score (nSPS) is 10.3. The first-order valence-corrected chi connectivity index (χ1v) is 5.87. The molecule has 0 aliphatic rings. The minimum absolute atomic E-state index is 0.197. The highest BCUT2D eigenvalue weighted by Gasteiger charge is 2.02. The van der Waals surface area contributed by atoms with Gasteiger partial charge in [-0.05, 0) is 24.1 Å². The zero-order valence-electron chi connectivity index (χ0n) is 10.4. The molecule has 3 heteroatoms. The molecular weight excluding hydrogens is 226 g/mol. The van der Waals surface area contributed by atoms with Crippen LogP contribution in [0.1, 0.15) is 11.1 Å². The van der Waals surface area contributed by atoms with E-state index in [9.17, 15) is 0 Å². The maximum Gasteiger partial charge on any atom is 0.189 e. The lowest BCUT2D eigenvalue weighted by molar-refractivity contribution is 0.00544. The van der Waals surface area contributed by atoms with Crippen LogP contribution in [0.25, 0.3) is 0 Å². The van der Waals surface area contributed by atoms with Crippen LogP contribution in [-0.4, -0.2) is 6.79 Å². The number of anilines is 1. The fourth-order valence-electron chi connectivity index (χ4n) is 1.62. The third-order valence-electron chi connectivity index (χ3n) is 2.69. The average molecular weight is 243 g/mol. The Bertz CT molecular complexity index is 497. The van der Waals surface area contributed by atoms with Gasteiger partial charge in [0.2, 0.25) is 0 Å². The minimum Gasteiger partial charge on any atom is -0.465 e. The number of hydrogen-bond donors (Lipinski definition) is 1. The van der Waals surface area contributed by atoms with Crippen LogP contribution in [0, 0.1) is 6.92 Å². The highest BCUT2D eigenvalue weighted by atomic mass is 16.7.